The van der Waals surface area contributed by atoms with Gasteiger partial charge >= 0.3 is 0 Å². The summed E-state index contributed by atoms with van der Waals surface area (Å²) in [7, 11) is 0. The lowest BCUT2D eigenvalue weighted by Crippen LogP contribution is -2.36. The zero-order valence-electron chi connectivity index (χ0n) is 16.0. The van der Waals surface area contributed by atoms with Crippen LogP contribution < -0.4 is 9.80 Å². The molecule has 3 aromatic rings. The molecule has 4 nitrogen and oxygen atoms in total. The van der Waals surface area contributed by atoms with Crippen LogP contribution in [0.3, 0.4) is 0 Å². The highest BCUT2D eigenvalue weighted by Crippen LogP contribution is 2.45. The van der Waals surface area contributed by atoms with Crippen molar-refractivity contribution in [3.05, 3.63) is 66.5 Å². The highest BCUT2D eigenvalue weighted by Gasteiger charge is 2.46. The minimum Gasteiger partial charge on any atom is -0.371 e. The van der Waals surface area contributed by atoms with E-state index in [9.17, 15) is 0 Å². The van der Waals surface area contributed by atoms with Crippen LogP contribution in [0.25, 0.3) is 11.1 Å². The first kappa shape index (κ1) is 16.2. The fraction of sp³-hybridized carbons (Fsp3) is 0.375. The topological polar surface area (TPSA) is 35.2 Å². The third-order valence-electron chi connectivity index (χ3n) is 6.99. The minimum atomic E-state index is 0.679. The Bertz CT molecular complexity index is 966. The normalized spacial score (nSPS) is 25.5. The van der Waals surface area contributed by atoms with E-state index in [-0.39, 0.29) is 0 Å². The van der Waals surface area contributed by atoms with Crippen molar-refractivity contribution in [2.24, 2.45) is 5.92 Å². The number of aromatic nitrogens is 2. The summed E-state index contributed by atoms with van der Waals surface area (Å²) in [4.78, 5) is 5.30. The summed E-state index contributed by atoms with van der Waals surface area (Å²) >= 11 is 0. The fourth-order valence-electron chi connectivity index (χ4n) is 5.76. The molecule has 1 radical (unpaired) electrons. The van der Waals surface area contributed by atoms with Crippen LogP contribution in [0.2, 0.25) is 0 Å². The van der Waals surface area contributed by atoms with Crippen LogP contribution in [0.1, 0.15) is 24.8 Å². The van der Waals surface area contributed by atoms with E-state index in [2.05, 4.69) is 68.5 Å². The molecular weight excluding hydrogens is 344 g/mol. The molecule has 3 unspecified atom stereocenters. The largest absolute Gasteiger partial charge is 0.371 e. The van der Waals surface area contributed by atoms with Crippen LogP contribution in [0.15, 0.2) is 54.9 Å². The van der Waals surface area contributed by atoms with Gasteiger partial charge in [0, 0.05) is 54.4 Å². The monoisotopic (exact) mass is 369 g/mol. The summed E-state index contributed by atoms with van der Waals surface area (Å²) in [5.74, 6) is 0.756. The lowest BCUT2D eigenvalue weighted by atomic mass is 9.89. The van der Waals surface area contributed by atoms with E-state index in [1.807, 2.05) is 12.4 Å². The Morgan fingerprint density at radius 3 is 3.00 bits per heavy atom. The Kier molecular flexibility index (Phi) is 3.71. The number of rotatable bonds is 4. The summed E-state index contributed by atoms with van der Waals surface area (Å²) in [6.07, 6.45) is 9.02. The summed E-state index contributed by atoms with van der Waals surface area (Å²) in [5, 5.41) is 7.01. The number of nitrogens with zero attached hydrogens (tertiary/aromatic N) is 3. The molecule has 0 aliphatic carbocycles. The number of benzene rings is 2. The fourth-order valence-corrected chi connectivity index (χ4v) is 5.76. The summed E-state index contributed by atoms with van der Waals surface area (Å²) < 4.78 is 0. The average molecular weight is 369 g/mol. The third-order valence-corrected chi connectivity index (χ3v) is 6.99. The van der Waals surface area contributed by atoms with Gasteiger partial charge < -0.3 is 9.80 Å². The van der Waals surface area contributed by atoms with Crippen LogP contribution in [0, 0.1) is 12.0 Å². The van der Waals surface area contributed by atoms with Gasteiger partial charge in [-0.1, -0.05) is 24.3 Å². The van der Waals surface area contributed by atoms with Crippen molar-refractivity contribution in [1.29, 1.82) is 0 Å². The summed E-state index contributed by atoms with van der Waals surface area (Å²) in [6, 6.07) is 20.3. The second kappa shape index (κ2) is 6.40. The lowest BCUT2D eigenvalue weighted by molar-refractivity contribution is 0.409. The quantitative estimate of drug-likeness (QED) is 0.745. The predicted molar refractivity (Wildman–Crippen MR) is 113 cm³/mol. The zero-order chi connectivity index (χ0) is 18.5. The van der Waals surface area contributed by atoms with Crippen molar-refractivity contribution >= 4 is 11.4 Å². The maximum Gasteiger partial charge on any atom is 0.0565 e. The molecule has 0 saturated carbocycles. The van der Waals surface area contributed by atoms with Crippen LogP contribution >= 0.6 is 0 Å². The van der Waals surface area contributed by atoms with Crippen molar-refractivity contribution < 1.29 is 0 Å². The van der Waals surface area contributed by atoms with Crippen LogP contribution in [-0.4, -0.2) is 35.4 Å². The van der Waals surface area contributed by atoms with E-state index >= 15 is 0 Å². The molecule has 4 heterocycles. The molecule has 0 amide bonds. The first-order chi connectivity index (χ1) is 13.9. The number of aromatic amines is 1. The Hall–Kier alpha value is -2.75. The van der Waals surface area contributed by atoms with Crippen molar-refractivity contribution in [3.8, 4) is 11.1 Å². The molecular formula is C24H25N4. The van der Waals surface area contributed by atoms with Crippen LogP contribution in [-0.2, 0) is 6.42 Å². The molecule has 6 rings (SSSR count). The second-order valence-corrected chi connectivity index (χ2v) is 8.48. The van der Waals surface area contributed by atoms with Crippen molar-refractivity contribution in [2.75, 3.05) is 22.9 Å². The molecule has 1 aromatic heterocycles. The van der Waals surface area contributed by atoms with Gasteiger partial charge in [0.05, 0.1) is 6.20 Å². The van der Waals surface area contributed by atoms with E-state index in [1.54, 1.807) is 0 Å². The number of para-hydroxylation sites is 1. The van der Waals surface area contributed by atoms with E-state index in [0.717, 1.165) is 18.9 Å². The van der Waals surface area contributed by atoms with Crippen LogP contribution in [0.5, 0.6) is 0 Å². The molecule has 28 heavy (non-hydrogen) atoms. The van der Waals surface area contributed by atoms with Gasteiger partial charge in [-0.15, -0.1) is 0 Å². The van der Waals surface area contributed by atoms with Crippen molar-refractivity contribution in [2.45, 2.75) is 37.8 Å². The first-order valence-corrected chi connectivity index (χ1v) is 10.5. The standard InChI is InChI=1S/C24H25N4/c1-2-4-21(5-3-1)28-22-7-9-24(28)19(13-22)16-27-11-10-18-12-17(6-8-23(18)27)20-14-25-26-15-20/h1-4,6,8,12,14-15,19,22,24H,7,9-11,13,16H2,(H,25,26). The van der Waals surface area contributed by atoms with Gasteiger partial charge in [-0.25, -0.2) is 0 Å². The first-order valence-electron chi connectivity index (χ1n) is 10.5. The molecule has 3 atom stereocenters. The average Bonchev–Trinajstić information content (AvgIpc) is 3.52. The number of H-pyrrole nitrogens is 1. The molecule has 1 N–H and O–H groups in total. The molecule has 0 spiro atoms. The molecule has 2 bridgehead atoms. The van der Waals surface area contributed by atoms with Gasteiger partial charge in [-0.3, -0.25) is 5.10 Å². The van der Waals surface area contributed by atoms with Gasteiger partial charge in [-0.05, 0) is 60.9 Å². The maximum absolute atomic E-state index is 4.09. The van der Waals surface area contributed by atoms with Gasteiger partial charge in [0.15, 0.2) is 0 Å². The van der Waals surface area contributed by atoms with Crippen molar-refractivity contribution in [1.82, 2.24) is 10.2 Å². The molecule has 2 saturated heterocycles. The van der Waals surface area contributed by atoms with Gasteiger partial charge in [0.1, 0.15) is 0 Å². The predicted octanol–water partition coefficient (Wildman–Crippen LogP) is 4.30. The van der Waals surface area contributed by atoms with Gasteiger partial charge in [0.25, 0.3) is 0 Å². The van der Waals surface area contributed by atoms with Gasteiger partial charge in [0.2, 0.25) is 0 Å². The Morgan fingerprint density at radius 2 is 2.14 bits per heavy atom. The summed E-state index contributed by atoms with van der Waals surface area (Å²) in [5.41, 5.74) is 6.65. The highest BCUT2D eigenvalue weighted by atomic mass is 15.3. The molecule has 3 aliphatic heterocycles. The van der Waals surface area contributed by atoms with E-state index in [0.29, 0.717) is 12.1 Å². The molecule has 2 aromatic carbocycles. The van der Waals surface area contributed by atoms with E-state index in [1.165, 1.54) is 53.9 Å². The number of hydrogen-bond donors (Lipinski definition) is 1. The van der Waals surface area contributed by atoms with Crippen molar-refractivity contribution in [3.63, 3.8) is 0 Å². The Balaban J connectivity index is 1.21. The molecule has 2 fully saturated rings. The number of nitrogens with one attached hydrogen (secondary N) is 1. The zero-order valence-corrected chi connectivity index (χ0v) is 16.0. The number of hydrogen-bond acceptors (Lipinski definition) is 3. The second-order valence-electron chi connectivity index (χ2n) is 8.48. The number of fused-ring (bicyclic) bond motifs is 3. The van der Waals surface area contributed by atoms with E-state index in [4.69, 9.17) is 0 Å². The van der Waals surface area contributed by atoms with Gasteiger partial charge in [-0.2, -0.15) is 5.10 Å². The highest BCUT2D eigenvalue weighted by molar-refractivity contribution is 5.70. The summed E-state index contributed by atoms with van der Waals surface area (Å²) in [6.45, 7) is 2.33. The van der Waals surface area contributed by atoms with Crippen LogP contribution in [0.4, 0.5) is 11.4 Å². The molecule has 4 heteroatoms. The van der Waals surface area contributed by atoms with E-state index < -0.39 is 0 Å². The molecule has 141 valence electrons. The maximum atomic E-state index is 4.09. The number of anilines is 2. The molecule has 3 aliphatic rings. The smallest absolute Gasteiger partial charge is 0.0565 e. The minimum absolute atomic E-state index is 0.679. The Morgan fingerprint density at radius 1 is 1.14 bits per heavy atom. The SMILES string of the molecule is [c]1ccccc1N1C2CCC1C(CN1CCc3cc(-c4cn[nH]c4)ccc31)C2. The lowest BCUT2D eigenvalue weighted by Gasteiger charge is -2.30. The Labute approximate surface area is 166 Å². The third kappa shape index (κ3) is 2.55.